The molecule has 1 unspecified atom stereocenters. The van der Waals surface area contributed by atoms with Crippen LogP contribution < -0.4 is 4.90 Å². The van der Waals surface area contributed by atoms with E-state index in [9.17, 15) is 4.79 Å². The van der Waals surface area contributed by atoms with Gasteiger partial charge in [0.2, 0.25) is 5.91 Å². The Kier molecular flexibility index (Phi) is 4.51. The topological polar surface area (TPSA) is 44.1 Å². The number of benzene rings is 1. The van der Waals surface area contributed by atoms with Gasteiger partial charge in [-0.05, 0) is 24.6 Å². The maximum atomic E-state index is 11.9. The second kappa shape index (κ2) is 5.66. The van der Waals surface area contributed by atoms with Crippen LogP contribution in [0.2, 0.25) is 0 Å². The number of nitrogens with zero attached hydrogens (tertiary/aromatic N) is 2. The van der Waals surface area contributed by atoms with Crippen molar-refractivity contribution in [2.24, 2.45) is 5.92 Å². The predicted octanol–water partition coefficient (Wildman–Crippen LogP) is 2.96. The lowest BCUT2D eigenvalue weighted by molar-refractivity contribution is -0.120. The highest BCUT2D eigenvalue weighted by molar-refractivity contribution is 9.10. The van der Waals surface area contributed by atoms with E-state index in [2.05, 4.69) is 15.9 Å². The Morgan fingerprint density at radius 3 is 2.81 bits per heavy atom. The number of nitriles is 1. The molecular weight excluding hydrogens is 268 g/mol. The molecule has 0 N–H and O–H groups in total. The molecule has 1 rings (SSSR count). The monoisotopic (exact) mass is 280 g/mol. The van der Waals surface area contributed by atoms with Crippen LogP contribution in [-0.4, -0.2) is 13.0 Å². The minimum absolute atomic E-state index is 0.164. The van der Waals surface area contributed by atoms with E-state index >= 15 is 0 Å². The van der Waals surface area contributed by atoms with Gasteiger partial charge in [-0.3, -0.25) is 4.79 Å². The Balaban J connectivity index is 2.90. The van der Waals surface area contributed by atoms with Gasteiger partial charge >= 0.3 is 0 Å². The van der Waals surface area contributed by atoms with Crippen LogP contribution in [0.5, 0.6) is 0 Å². The lowest BCUT2D eigenvalue weighted by Crippen LogP contribution is -2.31. The molecule has 16 heavy (non-hydrogen) atoms. The van der Waals surface area contributed by atoms with E-state index in [4.69, 9.17) is 5.26 Å². The Bertz CT molecular complexity index is 425. The lowest BCUT2D eigenvalue weighted by Gasteiger charge is -2.19. The van der Waals surface area contributed by atoms with Crippen LogP contribution >= 0.6 is 15.9 Å². The fraction of sp³-hybridized carbons (Fsp3) is 0.333. The summed E-state index contributed by atoms with van der Waals surface area (Å²) in [5.74, 6) is -0.730. The van der Waals surface area contributed by atoms with Crippen molar-refractivity contribution in [1.29, 1.82) is 5.26 Å². The van der Waals surface area contributed by atoms with Crippen LogP contribution in [0.4, 0.5) is 5.69 Å². The van der Waals surface area contributed by atoms with Gasteiger partial charge in [0.1, 0.15) is 5.92 Å². The summed E-state index contributed by atoms with van der Waals surface area (Å²) in [6, 6.07) is 9.45. The van der Waals surface area contributed by atoms with Crippen molar-refractivity contribution in [3.63, 3.8) is 0 Å². The third-order valence-corrected chi connectivity index (χ3v) is 2.88. The molecule has 3 nitrogen and oxygen atoms in total. The molecule has 4 heteroatoms. The molecule has 1 aromatic rings. The number of hydrogen-bond acceptors (Lipinski definition) is 2. The van der Waals surface area contributed by atoms with Crippen molar-refractivity contribution in [1.82, 2.24) is 0 Å². The summed E-state index contributed by atoms with van der Waals surface area (Å²) in [6.07, 6.45) is 0.535. The van der Waals surface area contributed by atoms with E-state index in [0.29, 0.717) is 6.42 Å². The highest BCUT2D eigenvalue weighted by Gasteiger charge is 2.20. The molecule has 0 heterocycles. The van der Waals surface area contributed by atoms with Gasteiger partial charge in [-0.15, -0.1) is 0 Å². The van der Waals surface area contributed by atoms with Gasteiger partial charge in [0, 0.05) is 17.2 Å². The predicted molar refractivity (Wildman–Crippen MR) is 66.9 cm³/mol. The van der Waals surface area contributed by atoms with Crippen molar-refractivity contribution >= 4 is 27.5 Å². The van der Waals surface area contributed by atoms with E-state index in [1.165, 1.54) is 4.90 Å². The standard InChI is InChI=1S/C12H13BrN2O/c1-3-9(8-14)12(16)15(2)11-6-4-5-10(13)7-11/h4-7,9H,3H2,1-2H3. The normalized spacial score (nSPS) is 11.6. The SMILES string of the molecule is CCC(C#N)C(=O)N(C)c1cccc(Br)c1. The molecule has 1 amide bonds. The number of amides is 1. The summed E-state index contributed by atoms with van der Waals surface area (Å²) in [5, 5.41) is 8.84. The third kappa shape index (κ3) is 2.83. The zero-order chi connectivity index (χ0) is 12.1. The molecule has 0 aliphatic heterocycles. The molecule has 0 bridgehead atoms. The summed E-state index contributed by atoms with van der Waals surface area (Å²) in [7, 11) is 1.68. The first-order valence-corrected chi connectivity index (χ1v) is 5.82. The largest absolute Gasteiger partial charge is 0.314 e. The average Bonchev–Trinajstić information content (AvgIpc) is 2.29. The third-order valence-electron chi connectivity index (χ3n) is 2.39. The summed E-state index contributed by atoms with van der Waals surface area (Å²) >= 11 is 3.35. The Morgan fingerprint density at radius 1 is 1.62 bits per heavy atom. The van der Waals surface area contributed by atoms with Crippen molar-refractivity contribution in [3.8, 4) is 6.07 Å². The van der Waals surface area contributed by atoms with Gasteiger partial charge in [0.05, 0.1) is 6.07 Å². The second-order valence-corrected chi connectivity index (χ2v) is 4.38. The van der Waals surface area contributed by atoms with E-state index < -0.39 is 5.92 Å². The van der Waals surface area contributed by atoms with Crippen molar-refractivity contribution in [3.05, 3.63) is 28.7 Å². The summed E-state index contributed by atoms with van der Waals surface area (Å²) in [6.45, 7) is 1.83. The molecule has 0 aliphatic rings. The lowest BCUT2D eigenvalue weighted by atomic mass is 10.1. The number of halogens is 1. The van der Waals surface area contributed by atoms with Crippen LogP contribution in [0.3, 0.4) is 0 Å². The molecule has 0 fully saturated rings. The van der Waals surface area contributed by atoms with Gasteiger partial charge in [0.25, 0.3) is 0 Å². The summed E-state index contributed by atoms with van der Waals surface area (Å²) in [4.78, 5) is 13.4. The van der Waals surface area contributed by atoms with Crippen molar-refractivity contribution in [2.75, 3.05) is 11.9 Å². The molecule has 0 aliphatic carbocycles. The van der Waals surface area contributed by atoms with Crippen LogP contribution in [0, 0.1) is 17.2 Å². The van der Waals surface area contributed by atoms with Crippen LogP contribution in [-0.2, 0) is 4.79 Å². The molecule has 0 saturated carbocycles. The number of anilines is 1. The smallest absolute Gasteiger partial charge is 0.244 e. The second-order valence-electron chi connectivity index (χ2n) is 3.47. The van der Waals surface area contributed by atoms with Crippen LogP contribution in [0.25, 0.3) is 0 Å². The fourth-order valence-electron chi connectivity index (χ4n) is 1.37. The highest BCUT2D eigenvalue weighted by atomic mass is 79.9. The molecule has 0 aromatic heterocycles. The summed E-state index contributed by atoms with van der Waals surface area (Å²) < 4.78 is 0.912. The molecular formula is C12H13BrN2O. The average molecular weight is 281 g/mol. The quantitative estimate of drug-likeness (QED) is 0.855. The fourth-order valence-corrected chi connectivity index (χ4v) is 1.75. The number of carbonyl (C=O) groups excluding carboxylic acids is 1. The van der Waals surface area contributed by atoms with Crippen LogP contribution in [0.15, 0.2) is 28.7 Å². The van der Waals surface area contributed by atoms with E-state index in [-0.39, 0.29) is 5.91 Å². The Morgan fingerprint density at radius 2 is 2.31 bits per heavy atom. The number of carbonyl (C=O) groups is 1. The molecule has 1 atom stereocenters. The first-order valence-electron chi connectivity index (χ1n) is 5.03. The molecule has 84 valence electrons. The Hall–Kier alpha value is -1.34. The van der Waals surface area contributed by atoms with E-state index in [0.717, 1.165) is 10.2 Å². The van der Waals surface area contributed by atoms with E-state index in [1.54, 1.807) is 7.05 Å². The minimum atomic E-state index is -0.566. The maximum Gasteiger partial charge on any atom is 0.244 e. The van der Waals surface area contributed by atoms with Crippen molar-refractivity contribution < 1.29 is 4.79 Å². The minimum Gasteiger partial charge on any atom is -0.314 e. The van der Waals surface area contributed by atoms with Gasteiger partial charge < -0.3 is 4.90 Å². The van der Waals surface area contributed by atoms with Gasteiger partial charge in [-0.25, -0.2) is 0 Å². The summed E-state index contributed by atoms with van der Waals surface area (Å²) in [5.41, 5.74) is 0.785. The molecule has 0 saturated heterocycles. The number of hydrogen-bond donors (Lipinski definition) is 0. The van der Waals surface area contributed by atoms with Gasteiger partial charge in [-0.2, -0.15) is 5.26 Å². The molecule has 1 aromatic carbocycles. The highest BCUT2D eigenvalue weighted by Crippen LogP contribution is 2.20. The van der Waals surface area contributed by atoms with Gasteiger partial charge in [-0.1, -0.05) is 28.9 Å². The zero-order valence-electron chi connectivity index (χ0n) is 9.27. The molecule has 0 spiro atoms. The number of rotatable bonds is 3. The maximum absolute atomic E-state index is 11.9. The Labute approximate surface area is 104 Å². The zero-order valence-corrected chi connectivity index (χ0v) is 10.9. The molecule has 0 radical (unpaired) electrons. The van der Waals surface area contributed by atoms with E-state index in [1.807, 2.05) is 37.3 Å². The first kappa shape index (κ1) is 12.7. The van der Waals surface area contributed by atoms with Gasteiger partial charge in [0.15, 0.2) is 0 Å². The van der Waals surface area contributed by atoms with Crippen molar-refractivity contribution in [2.45, 2.75) is 13.3 Å². The van der Waals surface area contributed by atoms with Crippen LogP contribution in [0.1, 0.15) is 13.3 Å². The first-order chi connectivity index (χ1) is 7.60.